The first-order valence-electron chi connectivity index (χ1n) is 6.57. The van der Waals surface area contributed by atoms with Crippen molar-refractivity contribution in [3.63, 3.8) is 0 Å². The lowest BCUT2D eigenvalue weighted by molar-refractivity contribution is -0.357. The van der Waals surface area contributed by atoms with E-state index in [9.17, 15) is 10.2 Å². The monoisotopic (exact) mass is 282 g/mol. The van der Waals surface area contributed by atoms with Crippen LogP contribution in [-0.4, -0.2) is 54.6 Å². The molecule has 2 aliphatic heterocycles. The molecule has 6 heteroatoms. The van der Waals surface area contributed by atoms with Gasteiger partial charge in [-0.2, -0.15) is 0 Å². The van der Waals surface area contributed by atoms with Crippen molar-refractivity contribution in [2.24, 2.45) is 0 Å². The van der Waals surface area contributed by atoms with Crippen molar-refractivity contribution in [1.29, 1.82) is 0 Å². The lowest BCUT2D eigenvalue weighted by atomic mass is 9.98. The minimum atomic E-state index is -1.29. The minimum absolute atomic E-state index is 0.272. The number of benzene rings is 1. The summed E-state index contributed by atoms with van der Waals surface area (Å²) in [6.07, 6.45) is -4.56. The average molecular weight is 282 g/mol. The lowest BCUT2D eigenvalue weighted by Crippen LogP contribution is -2.62. The third kappa shape index (κ3) is 2.46. The molecule has 6 unspecified atom stereocenters. The Kier molecular flexibility index (Phi) is 4.02. The van der Waals surface area contributed by atoms with Crippen LogP contribution >= 0.6 is 0 Å². The number of hydrogen-bond acceptors (Lipinski definition) is 6. The number of fused-ring (bicyclic) bond motifs is 1. The second-order valence-electron chi connectivity index (χ2n) is 4.93. The maximum atomic E-state index is 9.91. The summed E-state index contributed by atoms with van der Waals surface area (Å²) in [5.74, 6) is 0. The predicted octanol–water partition coefficient (Wildman–Crippen LogP) is 0.194. The van der Waals surface area contributed by atoms with E-state index >= 15 is 0 Å². The van der Waals surface area contributed by atoms with Gasteiger partial charge in [0.1, 0.15) is 24.4 Å². The minimum Gasteiger partial charge on any atom is -0.385 e. The molecule has 0 saturated carbocycles. The van der Waals surface area contributed by atoms with Gasteiger partial charge in [-0.1, -0.05) is 30.3 Å². The molecule has 1 aromatic rings. The van der Waals surface area contributed by atoms with E-state index in [2.05, 4.69) is 0 Å². The molecule has 0 amide bonds. The number of methoxy groups -OCH3 is 1. The summed E-state index contributed by atoms with van der Waals surface area (Å²) in [7, 11) is 1.47. The molecule has 3 rings (SSSR count). The number of hydrogen-bond donors (Lipinski definition) is 2. The molecule has 0 spiro atoms. The second kappa shape index (κ2) is 5.77. The van der Waals surface area contributed by atoms with Gasteiger partial charge in [0, 0.05) is 12.7 Å². The third-order valence-electron chi connectivity index (χ3n) is 3.67. The highest BCUT2D eigenvalue weighted by molar-refractivity contribution is 5.16. The van der Waals surface area contributed by atoms with Gasteiger partial charge in [0.15, 0.2) is 12.6 Å². The quantitative estimate of drug-likeness (QED) is 0.806. The summed E-state index contributed by atoms with van der Waals surface area (Å²) in [5, 5.41) is 19.6. The van der Waals surface area contributed by atoms with Gasteiger partial charge in [-0.3, -0.25) is 0 Å². The molecular weight excluding hydrogens is 264 g/mol. The van der Waals surface area contributed by atoms with Crippen molar-refractivity contribution in [1.82, 2.24) is 0 Å². The van der Waals surface area contributed by atoms with Crippen LogP contribution in [0.15, 0.2) is 30.3 Å². The largest absolute Gasteiger partial charge is 0.385 e. The SMILES string of the molecule is COC1C(O)C(O)OC2COC(c3ccccc3)OC21. The van der Waals surface area contributed by atoms with E-state index in [1.165, 1.54) is 7.11 Å². The average Bonchev–Trinajstić information content (AvgIpc) is 2.49. The van der Waals surface area contributed by atoms with Crippen molar-refractivity contribution >= 4 is 0 Å². The fraction of sp³-hybridized carbons (Fsp3) is 0.571. The molecule has 1 aromatic carbocycles. The zero-order valence-corrected chi connectivity index (χ0v) is 11.1. The number of ether oxygens (including phenoxy) is 4. The van der Waals surface area contributed by atoms with Crippen molar-refractivity contribution in [3.8, 4) is 0 Å². The van der Waals surface area contributed by atoms with Crippen LogP contribution in [0, 0.1) is 0 Å². The summed E-state index contributed by atoms with van der Waals surface area (Å²) >= 11 is 0. The molecule has 20 heavy (non-hydrogen) atoms. The van der Waals surface area contributed by atoms with E-state index in [4.69, 9.17) is 18.9 Å². The molecule has 6 nitrogen and oxygen atoms in total. The predicted molar refractivity (Wildman–Crippen MR) is 67.7 cm³/mol. The molecule has 2 aliphatic rings. The Bertz CT molecular complexity index is 439. The number of rotatable bonds is 2. The van der Waals surface area contributed by atoms with Gasteiger partial charge in [0.2, 0.25) is 0 Å². The normalized spacial score (nSPS) is 41.1. The van der Waals surface area contributed by atoms with Crippen LogP contribution in [0.3, 0.4) is 0 Å². The Morgan fingerprint density at radius 1 is 1.15 bits per heavy atom. The highest BCUT2D eigenvalue weighted by Crippen LogP contribution is 2.34. The van der Waals surface area contributed by atoms with Crippen LogP contribution in [0.1, 0.15) is 11.9 Å². The zero-order chi connectivity index (χ0) is 14.1. The Balaban J connectivity index is 1.78. The summed E-state index contributed by atoms with van der Waals surface area (Å²) in [5.41, 5.74) is 0.890. The van der Waals surface area contributed by atoms with E-state index in [-0.39, 0.29) is 6.61 Å². The van der Waals surface area contributed by atoms with Crippen LogP contribution in [0.2, 0.25) is 0 Å². The second-order valence-corrected chi connectivity index (χ2v) is 4.93. The first kappa shape index (κ1) is 13.9. The molecule has 0 aromatic heterocycles. The number of aliphatic hydroxyl groups is 2. The smallest absolute Gasteiger partial charge is 0.184 e. The molecule has 2 N–H and O–H groups in total. The third-order valence-corrected chi connectivity index (χ3v) is 3.67. The summed E-state index contributed by atoms with van der Waals surface area (Å²) in [4.78, 5) is 0. The Morgan fingerprint density at radius 3 is 2.60 bits per heavy atom. The molecule has 6 atom stereocenters. The van der Waals surface area contributed by atoms with Crippen molar-refractivity contribution < 1.29 is 29.2 Å². The topological polar surface area (TPSA) is 77.4 Å². The van der Waals surface area contributed by atoms with Crippen LogP contribution in [-0.2, 0) is 18.9 Å². The molecule has 2 saturated heterocycles. The maximum absolute atomic E-state index is 9.91. The standard InChI is InChI=1S/C14H18O6/c1-17-12-10(15)13(16)19-9-7-18-14(20-11(9)12)8-5-3-2-4-6-8/h2-6,9-16H,7H2,1H3. The van der Waals surface area contributed by atoms with Crippen LogP contribution in [0.25, 0.3) is 0 Å². The molecule has 2 heterocycles. The van der Waals surface area contributed by atoms with Crippen LogP contribution in [0.4, 0.5) is 0 Å². The molecule has 0 bridgehead atoms. The molecule has 0 radical (unpaired) electrons. The van der Waals surface area contributed by atoms with Gasteiger partial charge in [-0.15, -0.1) is 0 Å². The number of aliphatic hydroxyl groups excluding tert-OH is 2. The van der Waals surface area contributed by atoms with Crippen LogP contribution < -0.4 is 0 Å². The van der Waals surface area contributed by atoms with Gasteiger partial charge < -0.3 is 29.2 Å². The van der Waals surface area contributed by atoms with Gasteiger partial charge in [-0.05, 0) is 0 Å². The van der Waals surface area contributed by atoms with Crippen molar-refractivity contribution in [2.45, 2.75) is 37.0 Å². The molecular formula is C14H18O6. The van der Waals surface area contributed by atoms with Crippen molar-refractivity contribution in [2.75, 3.05) is 13.7 Å². The van der Waals surface area contributed by atoms with E-state index in [0.29, 0.717) is 0 Å². The summed E-state index contributed by atoms with van der Waals surface area (Å²) in [6, 6.07) is 9.52. The first-order valence-corrected chi connectivity index (χ1v) is 6.57. The molecule has 2 fully saturated rings. The van der Waals surface area contributed by atoms with Crippen molar-refractivity contribution in [3.05, 3.63) is 35.9 Å². The zero-order valence-electron chi connectivity index (χ0n) is 11.1. The Hall–Kier alpha value is -1.02. The van der Waals surface area contributed by atoms with Crippen LogP contribution in [0.5, 0.6) is 0 Å². The molecule has 0 aliphatic carbocycles. The maximum Gasteiger partial charge on any atom is 0.184 e. The highest BCUT2D eigenvalue weighted by Gasteiger charge is 2.49. The van der Waals surface area contributed by atoms with E-state index < -0.39 is 37.0 Å². The van der Waals surface area contributed by atoms with Gasteiger partial charge in [0.25, 0.3) is 0 Å². The van der Waals surface area contributed by atoms with Gasteiger partial charge in [-0.25, -0.2) is 0 Å². The van der Waals surface area contributed by atoms with E-state index in [1.54, 1.807) is 0 Å². The Morgan fingerprint density at radius 2 is 1.90 bits per heavy atom. The molecule has 110 valence electrons. The summed E-state index contributed by atoms with van der Waals surface area (Å²) < 4.78 is 22.0. The first-order chi connectivity index (χ1) is 9.70. The summed E-state index contributed by atoms with van der Waals surface area (Å²) in [6.45, 7) is 0.272. The fourth-order valence-electron chi connectivity index (χ4n) is 2.63. The van der Waals surface area contributed by atoms with E-state index in [0.717, 1.165) is 5.56 Å². The lowest BCUT2D eigenvalue weighted by Gasteiger charge is -2.46. The van der Waals surface area contributed by atoms with E-state index in [1.807, 2.05) is 30.3 Å². The fourth-order valence-corrected chi connectivity index (χ4v) is 2.63. The van der Waals surface area contributed by atoms with Gasteiger partial charge in [0.05, 0.1) is 6.61 Å². The highest BCUT2D eigenvalue weighted by atomic mass is 16.7. The Labute approximate surface area is 116 Å². The van der Waals surface area contributed by atoms with Gasteiger partial charge >= 0.3 is 0 Å².